The minimum Gasteiger partial charge on any atom is -0.493 e. The number of thioether (sulfide) groups is 1. The molecule has 140 valence electrons. The number of methoxy groups -OCH3 is 2. The Labute approximate surface area is 170 Å². The molecule has 1 aliphatic rings. The first kappa shape index (κ1) is 20.7. The van der Waals surface area contributed by atoms with Crippen molar-refractivity contribution in [2.45, 2.75) is 13.3 Å². The summed E-state index contributed by atoms with van der Waals surface area (Å²) in [5.74, 6) is 0.306. The molecule has 0 atom stereocenters. The van der Waals surface area contributed by atoms with E-state index >= 15 is 0 Å². The fraction of sp³-hybridized carbons (Fsp3) is 0.353. The van der Waals surface area contributed by atoms with Gasteiger partial charge in [0.2, 0.25) is 0 Å². The van der Waals surface area contributed by atoms with Gasteiger partial charge in [-0.25, -0.2) is 0 Å². The zero-order valence-electron chi connectivity index (χ0n) is 14.5. The van der Waals surface area contributed by atoms with Gasteiger partial charge in [0, 0.05) is 0 Å². The summed E-state index contributed by atoms with van der Waals surface area (Å²) in [6.07, 6.45) is 2.42. The molecule has 1 aliphatic heterocycles. The highest BCUT2D eigenvalue weighted by atomic mass is 79.9. The van der Waals surface area contributed by atoms with E-state index in [0.717, 1.165) is 23.7 Å². The molecule has 1 aromatic carbocycles. The van der Waals surface area contributed by atoms with E-state index in [4.69, 9.17) is 26.4 Å². The number of thiocarbonyl (C=S) groups is 1. The van der Waals surface area contributed by atoms with Crippen molar-refractivity contribution in [2.75, 3.05) is 27.4 Å². The molecule has 0 aliphatic carbocycles. The van der Waals surface area contributed by atoms with Crippen LogP contribution in [-0.2, 0) is 14.3 Å². The molecule has 6 nitrogen and oxygen atoms in total. The summed E-state index contributed by atoms with van der Waals surface area (Å²) in [6.45, 7) is 2.04. The van der Waals surface area contributed by atoms with Crippen LogP contribution in [0.15, 0.2) is 21.5 Å². The van der Waals surface area contributed by atoms with E-state index in [1.165, 1.54) is 12.0 Å². The van der Waals surface area contributed by atoms with Crippen LogP contribution in [-0.4, -0.2) is 48.5 Å². The molecule has 2 rings (SSSR count). The lowest BCUT2D eigenvalue weighted by molar-refractivity contribution is -0.146. The fourth-order valence-electron chi connectivity index (χ4n) is 2.20. The van der Waals surface area contributed by atoms with Crippen LogP contribution in [0.1, 0.15) is 18.9 Å². The van der Waals surface area contributed by atoms with Crippen LogP contribution in [0.5, 0.6) is 11.5 Å². The first-order valence-electron chi connectivity index (χ1n) is 7.73. The van der Waals surface area contributed by atoms with Crippen molar-refractivity contribution in [1.82, 2.24) is 4.90 Å². The summed E-state index contributed by atoms with van der Waals surface area (Å²) in [5, 5.41) is 0. The Balaban J connectivity index is 2.22. The Morgan fingerprint density at radius 2 is 2.08 bits per heavy atom. The molecule has 0 radical (unpaired) electrons. The Morgan fingerprint density at radius 3 is 2.69 bits per heavy atom. The highest BCUT2D eigenvalue weighted by molar-refractivity contribution is 9.10. The summed E-state index contributed by atoms with van der Waals surface area (Å²) in [7, 11) is 3.08. The van der Waals surface area contributed by atoms with E-state index in [-0.39, 0.29) is 12.5 Å². The highest BCUT2D eigenvalue weighted by Crippen LogP contribution is 2.38. The van der Waals surface area contributed by atoms with Crippen molar-refractivity contribution < 1.29 is 23.8 Å². The molecule has 1 heterocycles. The second kappa shape index (κ2) is 9.38. The van der Waals surface area contributed by atoms with Gasteiger partial charge in [-0.2, -0.15) is 0 Å². The lowest BCUT2D eigenvalue weighted by Gasteiger charge is -2.13. The molecule has 1 aromatic rings. The number of nitrogens with zero attached hydrogens (tertiary/aromatic N) is 1. The Bertz CT molecular complexity index is 766. The summed E-state index contributed by atoms with van der Waals surface area (Å²) in [5.41, 5.74) is 0.739. The third-order valence-electron chi connectivity index (χ3n) is 3.38. The van der Waals surface area contributed by atoms with Gasteiger partial charge in [-0.15, -0.1) is 0 Å². The smallest absolute Gasteiger partial charge is 0.326 e. The van der Waals surface area contributed by atoms with Gasteiger partial charge in [0.1, 0.15) is 10.9 Å². The zero-order valence-corrected chi connectivity index (χ0v) is 17.8. The number of halogens is 1. The van der Waals surface area contributed by atoms with Crippen molar-refractivity contribution in [3.63, 3.8) is 0 Å². The van der Waals surface area contributed by atoms with E-state index < -0.39 is 5.97 Å². The topological polar surface area (TPSA) is 65.1 Å². The van der Waals surface area contributed by atoms with E-state index in [1.807, 2.05) is 13.0 Å². The normalized spacial score (nSPS) is 15.5. The van der Waals surface area contributed by atoms with Gasteiger partial charge < -0.3 is 14.2 Å². The number of hydrogen-bond donors (Lipinski definition) is 0. The van der Waals surface area contributed by atoms with Crippen molar-refractivity contribution in [3.05, 3.63) is 27.1 Å². The predicted molar refractivity (Wildman–Crippen MR) is 108 cm³/mol. The number of amides is 1. The highest BCUT2D eigenvalue weighted by Gasteiger charge is 2.33. The van der Waals surface area contributed by atoms with Crippen LogP contribution in [0, 0.1) is 0 Å². The van der Waals surface area contributed by atoms with Gasteiger partial charge >= 0.3 is 5.97 Å². The maximum atomic E-state index is 12.6. The van der Waals surface area contributed by atoms with Crippen molar-refractivity contribution >= 4 is 62.2 Å². The van der Waals surface area contributed by atoms with Gasteiger partial charge in [0.25, 0.3) is 5.91 Å². The van der Waals surface area contributed by atoms with Crippen molar-refractivity contribution in [2.24, 2.45) is 0 Å². The monoisotopic (exact) mass is 459 g/mol. The van der Waals surface area contributed by atoms with Crippen LogP contribution >= 0.6 is 39.9 Å². The molecule has 1 amide bonds. The molecule has 9 heteroatoms. The molecular weight excluding hydrogens is 442 g/mol. The summed E-state index contributed by atoms with van der Waals surface area (Å²) in [6, 6.07) is 3.56. The zero-order chi connectivity index (χ0) is 19.3. The SMILES string of the molecule is CCCOC(=O)CN1C(=O)C(=Cc2cc(Br)c(OC)c(OC)c2)SC1=S. The van der Waals surface area contributed by atoms with Crippen LogP contribution < -0.4 is 9.47 Å². The van der Waals surface area contributed by atoms with Gasteiger partial charge in [-0.05, 0) is 46.1 Å². The first-order valence-corrected chi connectivity index (χ1v) is 9.75. The minimum absolute atomic E-state index is 0.183. The Morgan fingerprint density at radius 1 is 1.35 bits per heavy atom. The largest absolute Gasteiger partial charge is 0.493 e. The maximum absolute atomic E-state index is 12.6. The van der Waals surface area contributed by atoms with Crippen LogP contribution in [0.3, 0.4) is 0 Å². The number of benzene rings is 1. The second-order valence-electron chi connectivity index (χ2n) is 5.23. The molecule has 0 spiro atoms. The molecule has 26 heavy (non-hydrogen) atoms. The summed E-state index contributed by atoms with van der Waals surface area (Å²) in [4.78, 5) is 26.0. The number of carbonyl (C=O) groups excluding carboxylic acids is 2. The third-order valence-corrected chi connectivity index (χ3v) is 5.35. The van der Waals surface area contributed by atoms with E-state index in [0.29, 0.717) is 31.8 Å². The number of rotatable bonds is 7. The number of esters is 1. The standard InChI is InChI=1S/C17H18BrNO5S2/c1-4-5-24-14(20)9-19-16(21)13(26-17(19)25)8-10-6-11(18)15(23-3)12(7-10)22-2/h6-8H,4-5,9H2,1-3H3. The van der Waals surface area contributed by atoms with Gasteiger partial charge in [-0.3, -0.25) is 14.5 Å². The van der Waals surface area contributed by atoms with E-state index in [9.17, 15) is 9.59 Å². The van der Waals surface area contributed by atoms with Gasteiger partial charge in [-0.1, -0.05) is 30.9 Å². The average molecular weight is 460 g/mol. The second-order valence-corrected chi connectivity index (χ2v) is 7.76. The van der Waals surface area contributed by atoms with Crippen molar-refractivity contribution in [1.29, 1.82) is 0 Å². The lowest BCUT2D eigenvalue weighted by atomic mass is 10.2. The molecule has 0 N–H and O–H groups in total. The Kier molecular flexibility index (Phi) is 7.48. The molecule has 1 saturated heterocycles. The summed E-state index contributed by atoms with van der Waals surface area (Å²) >= 11 is 9.79. The van der Waals surface area contributed by atoms with Crippen LogP contribution in [0.25, 0.3) is 6.08 Å². The van der Waals surface area contributed by atoms with Crippen molar-refractivity contribution in [3.8, 4) is 11.5 Å². The predicted octanol–water partition coefficient (Wildman–Crippen LogP) is 3.62. The molecule has 0 saturated carbocycles. The van der Waals surface area contributed by atoms with E-state index in [2.05, 4.69) is 15.9 Å². The summed E-state index contributed by atoms with van der Waals surface area (Å²) < 4.78 is 16.6. The quantitative estimate of drug-likeness (QED) is 0.350. The minimum atomic E-state index is -0.474. The van der Waals surface area contributed by atoms with Crippen LogP contribution in [0.4, 0.5) is 0 Å². The third kappa shape index (κ3) is 4.77. The number of carbonyl (C=O) groups is 2. The van der Waals surface area contributed by atoms with Gasteiger partial charge in [0.05, 0.1) is 30.2 Å². The molecule has 0 unspecified atom stereocenters. The average Bonchev–Trinajstić information content (AvgIpc) is 2.86. The lowest BCUT2D eigenvalue weighted by Crippen LogP contribution is -2.34. The number of hydrogen-bond acceptors (Lipinski definition) is 7. The first-order chi connectivity index (χ1) is 12.4. The molecule has 1 fully saturated rings. The molecule has 0 aromatic heterocycles. The van der Waals surface area contributed by atoms with Gasteiger partial charge in [0.15, 0.2) is 11.5 Å². The Hall–Kier alpha value is -1.58. The molecule has 0 bridgehead atoms. The maximum Gasteiger partial charge on any atom is 0.326 e. The fourth-order valence-corrected chi connectivity index (χ4v) is 4.08. The number of ether oxygens (including phenoxy) is 3. The van der Waals surface area contributed by atoms with E-state index in [1.54, 1.807) is 19.3 Å². The molecular formula is C17H18BrNO5S2. The van der Waals surface area contributed by atoms with Crippen LogP contribution in [0.2, 0.25) is 0 Å².